The van der Waals surface area contributed by atoms with Gasteiger partial charge < -0.3 is 10.2 Å². The molecule has 0 fully saturated rings. The Balaban J connectivity index is 1.95. The number of hydrogen-bond acceptors (Lipinski definition) is 4. The van der Waals surface area contributed by atoms with E-state index in [1.807, 2.05) is 12.1 Å². The van der Waals surface area contributed by atoms with Crippen LogP contribution in [0.15, 0.2) is 90.0 Å². The number of hydrazone groups is 1. The monoisotopic (exact) mass is 360 g/mol. The van der Waals surface area contributed by atoms with Crippen molar-refractivity contribution in [2.75, 3.05) is 0 Å². The lowest BCUT2D eigenvalue weighted by atomic mass is 9.85. The largest absolute Gasteiger partial charge is 0.507 e. The van der Waals surface area contributed by atoms with Crippen LogP contribution in [-0.4, -0.2) is 21.8 Å². The van der Waals surface area contributed by atoms with Crippen molar-refractivity contribution in [2.45, 2.75) is 12.5 Å². The van der Waals surface area contributed by atoms with Crippen molar-refractivity contribution >= 4 is 11.6 Å². The third kappa shape index (κ3) is 3.73. The Labute approximate surface area is 157 Å². The van der Waals surface area contributed by atoms with Gasteiger partial charge in [0.05, 0.1) is 5.71 Å². The van der Waals surface area contributed by atoms with Crippen LogP contribution in [0.3, 0.4) is 0 Å². The first-order valence-corrected chi connectivity index (χ1v) is 8.50. The Hall–Kier alpha value is -3.44. The van der Waals surface area contributed by atoms with Crippen LogP contribution in [0, 0.1) is 0 Å². The van der Waals surface area contributed by atoms with Gasteiger partial charge in [-0.3, -0.25) is 4.79 Å². The van der Waals surface area contributed by atoms with E-state index in [2.05, 4.69) is 10.5 Å². The zero-order valence-corrected chi connectivity index (χ0v) is 14.8. The van der Waals surface area contributed by atoms with Gasteiger partial charge in [-0.25, -0.2) is 5.43 Å². The van der Waals surface area contributed by atoms with E-state index in [-0.39, 0.29) is 5.75 Å². The van der Waals surface area contributed by atoms with E-state index < -0.39 is 11.5 Å². The molecule has 3 N–H and O–H groups in total. The maximum atomic E-state index is 13.0. The number of nitrogens with one attached hydrogen (secondary N) is 1. The van der Waals surface area contributed by atoms with Crippen LogP contribution in [-0.2, 0) is 10.4 Å². The van der Waals surface area contributed by atoms with E-state index in [1.54, 1.807) is 79.7 Å². The molecule has 5 heteroatoms. The average molecular weight is 360 g/mol. The van der Waals surface area contributed by atoms with Gasteiger partial charge in [-0.15, -0.1) is 0 Å². The summed E-state index contributed by atoms with van der Waals surface area (Å²) in [5, 5.41) is 25.3. The number of phenolic OH excluding ortho intramolecular Hbond substituents is 1. The van der Waals surface area contributed by atoms with Gasteiger partial charge in [-0.2, -0.15) is 5.10 Å². The molecule has 0 aliphatic carbocycles. The molecule has 0 unspecified atom stereocenters. The van der Waals surface area contributed by atoms with Gasteiger partial charge in [-0.05, 0) is 30.2 Å². The molecule has 27 heavy (non-hydrogen) atoms. The fraction of sp³-hybridized carbons (Fsp3) is 0.0909. The molecule has 0 spiro atoms. The van der Waals surface area contributed by atoms with E-state index >= 15 is 0 Å². The van der Waals surface area contributed by atoms with Gasteiger partial charge in [0, 0.05) is 5.56 Å². The van der Waals surface area contributed by atoms with Gasteiger partial charge in [0.2, 0.25) is 0 Å². The first kappa shape index (κ1) is 18.4. The van der Waals surface area contributed by atoms with Gasteiger partial charge in [0.1, 0.15) is 5.75 Å². The number of nitrogens with zero attached hydrogens (tertiary/aromatic N) is 1. The molecule has 0 aliphatic rings. The minimum absolute atomic E-state index is 0.0642. The van der Waals surface area contributed by atoms with Crippen molar-refractivity contribution in [1.29, 1.82) is 0 Å². The maximum Gasteiger partial charge on any atom is 0.281 e. The van der Waals surface area contributed by atoms with Crippen LogP contribution in [0.25, 0.3) is 0 Å². The van der Waals surface area contributed by atoms with Crippen molar-refractivity contribution in [1.82, 2.24) is 5.43 Å². The number of carbonyl (C=O) groups excluding carboxylic acids is 1. The van der Waals surface area contributed by atoms with Crippen LogP contribution in [0.2, 0.25) is 0 Å². The van der Waals surface area contributed by atoms with E-state index in [0.29, 0.717) is 22.4 Å². The summed E-state index contributed by atoms with van der Waals surface area (Å²) >= 11 is 0. The highest BCUT2D eigenvalue weighted by molar-refractivity contribution is 6.02. The Morgan fingerprint density at radius 3 is 1.85 bits per heavy atom. The molecule has 0 radical (unpaired) electrons. The van der Waals surface area contributed by atoms with Crippen LogP contribution in [0.4, 0.5) is 0 Å². The first-order valence-electron chi connectivity index (χ1n) is 8.50. The molecule has 1 amide bonds. The molecule has 3 aromatic carbocycles. The van der Waals surface area contributed by atoms with Crippen LogP contribution in [0.5, 0.6) is 5.75 Å². The van der Waals surface area contributed by atoms with Gasteiger partial charge in [0.25, 0.3) is 5.91 Å². The summed E-state index contributed by atoms with van der Waals surface area (Å²) in [6.07, 6.45) is 0. The summed E-state index contributed by atoms with van der Waals surface area (Å²) < 4.78 is 0. The highest BCUT2D eigenvalue weighted by atomic mass is 16.3. The Morgan fingerprint density at radius 1 is 0.852 bits per heavy atom. The predicted molar refractivity (Wildman–Crippen MR) is 104 cm³/mol. The highest BCUT2D eigenvalue weighted by Gasteiger charge is 2.39. The number of rotatable bonds is 5. The summed E-state index contributed by atoms with van der Waals surface area (Å²) in [6.45, 7) is 1.67. The molecule has 3 aromatic rings. The number of benzene rings is 3. The summed E-state index contributed by atoms with van der Waals surface area (Å²) in [5.74, 6) is -0.621. The molecule has 0 saturated carbocycles. The zero-order valence-electron chi connectivity index (χ0n) is 14.8. The number of phenols is 1. The van der Waals surface area contributed by atoms with Crippen molar-refractivity contribution in [2.24, 2.45) is 5.10 Å². The second-order valence-corrected chi connectivity index (χ2v) is 6.10. The highest BCUT2D eigenvalue weighted by Crippen LogP contribution is 2.30. The van der Waals surface area contributed by atoms with Crippen molar-refractivity contribution in [3.05, 3.63) is 102 Å². The van der Waals surface area contributed by atoms with E-state index in [4.69, 9.17) is 0 Å². The minimum Gasteiger partial charge on any atom is -0.507 e. The molecule has 0 atom stereocenters. The molecular formula is C22H20N2O3. The Kier molecular flexibility index (Phi) is 5.33. The minimum atomic E-state index is -1.90. The van der Waals surface area contributed by atoms with Crippen LogP contribution < -0.4 is 5.43 Å². The lowest BCUT2D eigenvalue weighted by Gasteiger charge is -2.27. The summed E-state index contributed by atoms with van der Waals surface area (Å²) in [4.78, 5) is 13.0. The normalized spacial score (nSPS) is 11.9. The number of aromatic hydroxyl groups is 1. The van der Waals surface area contributed by atoms with E-state index in [9.17, 15) is 15.0 Å². The molecule has 0 aliphatic heterocycles. The Bertz CT molecular complexity index is 914. The van der Waals surface area contributed by atoms with E-state index in [0.717, 1.165) is 0 Å². The zero-order chi connectivity index (χ0) is 19.3. The molecule has 0 aromatic heterocycles. The summed E-state index contributed by atoms with van der Waals surface area (Å²) in [5.41, 5.74) is 2.33. The number of aliphatic hydroxyl groups is 1. The third-order valence-electron chi connectivity index (χ3n) is 4.33. The molecule has 0 heterocycles. The average Bonchev–Trinajstić information content (AvgIpc) is 2.72. The van der Waals surface area contributed by atoms with Crippen LogP contribution >= 0.6 is 0 Å². The lowest BCUT2D eigenvalue weighted by Crippen LogP contribution is -2.43. The second kappa shape index (κ2) is 7.85. The molecule has 0 bridgehead atoms. The molecule has 3 rings (SSSR count). The van der Waals surface area contributed by atoms with Crippen LogP contribution in [0.1, 0.15) is 23.6 Å². The summed E-state index contributed by atoms with van der Waals surface area (Å²) in [7, 11) is 0. The third-order valence-corrected chi connectivity index (χ3v) is 4.33. The number of carbonyl (C=O) groups is 1. The maximum absolute atomic E-state index is 13.0. The van der Waals surface area contributed by atoms with Crippen molar-refractivity contribution in [3.63, 3.8) is 0 Å². The molecule has 136 valence electrons. The van der Waals surface area contributed by atoms with Gasteiger partial charge in [0.15, 0.2) is 5.60 Å². The number of amides is 1. The number of hydrogen-bond donors (Lipinski definition) is 3. The lowest BCUT2D eigenvalue weighted by molar-refractivity contribution is -0.136. The molecular weight excluding hydrogens is 340 g/mol. The van der Waals surface area contributed by atoms with E-state index in [1.165, 1.54) is 0 Å². The number of para-hydroxylation sites is 1. The molecule has 5 nitrogen and oxygen atoms in total. The van der Waals surface area contributed by atoms with Gasteiger partial charge >= 0.3 is 0 Å². The fourth-order valence-electron chi connectivity index (χ4n) is 2.84. The standard InChI is InChI=1S/C22H20N2O3/c1-16(19-14-8-9-15-20(19)25)23-24-21(26)22(27,17-10-4-2-5-11-17)18-12-6-3-7-13-18/h2-15,25,27H,1H3,(H,24,26). The summed E-state index contributed by atoms with van der Waals surface area (Å²) in [6, 6.07) is 24.1. The smallest absolute Gasteiger partial charge is 0.281 e. The Morgan fingerprint density at radius 2 is 1.33 bits per heavy atom. The van der Waals surface area contributed by atoms with Crippen molar-refractivity contribution in [3.8, 4) is 5.75 Å². The quantitative estimate of drug-likeness (QED) is 0.483. The fourth-order valence-corrected chi connectivity index (χ4v) is 2.84. The topological polar surface area (TPSA) is 81.9 Å². The predicted octanol–water partition coefficient (Wildman–Crippen LogP) is 3.17. The van der Waals surface area contributed by atoms with Crippen molar-refractivity contribution < 1.29 is 15.0 Å². The van der Waals surface area contributed by atoms with Gasteiger partial charge in [-0.1, -0.05) is 72.8 Å². The second-order valence-electron chi connectivity index (χ2n) is 6.10. The molecule has 0 saturated heterocycles. The first-order chi connectivity index (χ1) is 13.0. The SMILES string of the molecule is CC(=NNC(=O)C(O)(c1ccccc1)c1ccccc1)c1ccccc1O.